The van der Waals surface area contributed by atoms with E-state index in [0.29, 0.717) is 36.5 Å². The average molecular weight is 492 g/mol. The van der Waals surface area contributed by atoms with Gasteiger partial charge in [-0.25, -0.2) is 14.9 Å². The number of rotatable bonds is 2. The van der Waals surface area contributed by atoms with Gasteiger partial charge in [0.1, 0.15) is 10.7 Å². The van der Waals surface area contributed by atoms with E-state index in [2.05, 4.69) is 9.97 Å². The number of hydrogen-bond acceptors (Lipinski definition) is 6. The largest absolute Gasteiger partial charge is 0.272 e. The number of halogens is 2. The zero-order valence-corrected chi connectivity index (χ0v) is 19.8. The third kappa shape index (κ3) is 3.37. The standard InChI is InChI=1S/C21H15Cl2N3OS3/c1-10-24-18(16-12-6-2-3-8-14(12)29-19(16)25-10)26-20(27)15(30-21(26)28)9-11-5-4-7-13(22)17(11)23/h4-5,7,9H,2-3,6,8H2,1H3/b15-9+. The number of anilines is 1. The number of nitrogens with zero attached hydrogens (tertiary/aromatic N) is 3. The summed E-state index contributed by atoms with van der Waals surface area (Å²) in [5, 5.41) is 1.83. The molecule has 1 saturated heterocycles. The number of carbonyl (C=O) groups excluding carboxylic acids is 1. The normalized spacial score (nSPS) is 18.0. The van der Waals surface area contributed by atoms with E-state index < -0.39 is 0 Å². The van der Waals surface area contributed by atoms with Gasteiger partial charge in [0, 0.05) is 4.88 Å². The van der Waals surface area contributed by atoms with Crippen LogP contribution in [0.15, 0.2) is 23.1 Å². The number of aromatic nitrogens is 2. The van der Waals surface area contributed by atoms with E-state index in [4.69, 9.17) is 35.4 Å². The fourth-order valence-corrected chi connectivity index (χ4v) is 6.74. The van der Waals surface area contributed by atoms with Crippen molar-refractivity contribution in [1.82, 2.24) is 9.97 Å². The van der Waals surface area contributed by atoms with Crippen LogP contribution in [-0.4, -0.2) is 20.2 Å². The van der Waals surface area contributed by atoms with Gasteiger partial charge in [0.2, 0.25) is 0 Å². The van der Waals surface area contributed by atoms with Gasteiger partial charge in [-0.15, -0.1) is 11.3 Å². The number of aryl methyl sites for hydroxylation is 3. The maximum Gasteiger partial charge on any atom is 0.272 e. The molecule has 2 aromatic heterocycles. The third-order valence-electron chi connectivity index (χ3n) is 5.18. The summed E-state index contributed by atoms with van der Waals surface area (Å²) in [6.07, 6.45) is 6.10. The molecule has 0 radical (unpaired) electrons. The number of fused-ring (bicyclic) bond motifs is 3. The van der Waals surface area contributed by atoms with Gasteiger partial charge in [-0.3, -0.25) is 4.79 Å². The van der Waals surface area contributed by atoms with Crippen molar-refractivity contribution in [2.24, 2.45) is 0 Å². The first-order valence-electron chi connectivity index (χ1n) is 9.45. The van der Waals surface area contributed by atoms with Crippen LogP contribution in [-0.2, 0) is 17.6 Å². The van der Waals surface area contributed by atoms with Crippen molar-refractivity contribution >= 4 is 90.9 Å². The number of carbonyl (C=O) groups is 1. The van der Waals surface area contributed by atoms with Gasteiger partial charge in [0.05, 0.1) is 20.3 Å². The fraction of sp³-hybridized carbons (Fsp3) is 0.238. The summed E-state index contributed by atoms with van der Waals surface area (Å²) < 4.78 is 0.458. The Kier molecular flexibility index (Phi) is 5.35. The SMILES string of the molecule is Cc1nc(N2C(=O)/C(=C\c3cccc(Cl)c3Cl)SC2=S)c2c3c(sc2n1)CCCC3. The summed E-state index contributed by atoms with van der Waals surface area (Å²) >= 11 is 21.0. The van der Waals surface area contributed by atoms with Crippen molar-refractivity contribution in [2.45, 2.75) is 32.6 Å². The average Bonchev–Trinajstić information content (AvgIpc) is 3.21. The van der Waals surface area contributed by atoms with Crippen LogP contribution < -0.4 is 4.90 Å². The van der Waals surface area contributed by atoms with E-state index in [1.165, 1.54) is 28.6 Å². The lowest BCUT2D eigenvalue weighted by atomic mass is 9.97. The van der Waals surface area contributed by atoms with Gasteiger partial charge in [-0.05, 0) is 55.9 Å². The lowest BCUT2D eigenvalue weighted by molar-refractivity contribution is -0.113. The number of benzene rings is 1. The molecule has 152 valence electrons. The smallest absolute Gasteiger partial charge is 0.268 e. The van der Waals surface area contributed by atoms with Crippen LogP contribution in [0, 0.1) is 6.92 Å². The highest BCUT2D eigenvalue weighted by Gasteiger charge is 2.37. The molecular formula is C21H15Cl2N3OS3. The van der Waals surface area contributed by atoms with Crippen LogP contribution in [0.5, 0.6) is 0 Å². The van der Waals surface area contributed by atoms with E-state index >= 15 is 0 Å². The first-order valence-corrected chi connectivity index (χ1v) is 12.2. The van der Waals surface area contributed by atoms with Crippen molar-refractivity contribution in [1.29, 1.82) is 0 Å². The van der Waals surface area contributed by atoms with Crippen LogP contribution in [0.3, 0.4) is 0 Å². The Hall–Kier alpha value is -1.51. The molecule has 30 heavy (non-hydrogen) atoms. The molecule has 1 aliphatic heterocycles. The lowest BCUT2D eigenvalue weighted by Crippen LogP contribution is -2.29. The number of amides is 1. The molecule has 0 bridgehead atoms. The maximum absolute atomic E-state index is 13.4. The Morgan fingerprint density at radius 2 is 2.00 bits per heavy atom. The molecule has 0 saturated carbocycles. The summed E-state index contributed by atoms with van der Waals surface area (Å²) in [7, 11) is 0. The molecule has 4 nitrogen and oxygen atoms in total. The highest BCUT2D eigenvalue weighted by atomic mass is 35.5. The second-order valence-electron chi connectivity index (χ2n) is 7.15. The molecule has 1 aliphatic carbocycles. The summed E-state index contributed by atoms with van der Waals surface area (Å²) in [4.78, 5) is 27.0. The van der Waals surface area contributed by atoms with E-state index in [-0.39, 0.29) is 5.91 Å². The van der Waals surface area contributed by atoms with Gasteiger partial charge >= 0.3 is 0 Å². The molecule has 1 aromatic carbocycles. The molecule has 9 heteroatoms. The van der Waals surface area contributed by atoms with Crippen LogP contribution >= 0.6 is 58.5 Å². The minimum atomic E-state index is -0.198. The molecule has 0 spiro atoms. The minimum absolute atomic E-state index is 0.198. The van der Waals surface area contributed by atoms with Crippen LogP contribution in [0.2, 0.25) is 10.0 Å². The maximum atomic E-state index is 13.4. The molecule has 5 rings (SSSR count). The predicted molar refractivity (Wildman–Crippen MR) is 131 cm³/mol. The monoisotopic (exact) mass is 491 g/mol. The second-order valence-corrected chi connectivity index (χ2v) is 10.7. The Balaban J connectivity index is 1.63. The minimum Gasteiger partial charge on any atom is -0.268 e. The van der Waals surface area contributed by atoms with Gasteiger partial charge < -0.3 is 0 Å². The van der Waals surface area contributed by atoms with Crippen molar-refractivity contribution in [2.75, 3.05) is 4.90 Å². The number of thiocarbonyl (C=S) groups is 1. The first kappa shape index (κ1) is 20.4. The number of thiophene rings is 1. The van der Waals surface area contributed by atoms with Crippen LogP contribution in [0.4, 0.5) is 5.82 Å². The summed E-state index contributed by atoms with van der Waals surface area (Å²) in [6.45, 7) is 1.85. The zero-order chi connectivity index (χ0) is 21.0. The van der Waals surface area contributed by atoms with Crippen molar-refractivity contribution in [3.8, 4) is 0 Å². The molecule has 3 heterocycles. The molecule has 3 aromatic rings. The Labute approximate surface area is 197 Å². The predicted octanol–water partition coefficient (Wildman–Crippen LogP) is 6.59. The van der Waals surface area contributed by atoms with Gasteiger partial charge in [-0.1, -0.05) is 59.3 Å². The molecule has 2 aliphatic rings. The van der Waals surface area contributed by atoms with E-state index in [0.717, 1.165) is 29.5 Å². The second kappa shape index (κ2) is 7.88. The lowest BCUT2D eigenvalue weighted by Gasteiger charge is -2.17. The number of hydrogen-bond donors (Lipinski definition) is 0. The summed E-state index contributed by atoms with van der Waals surface area (Å²) in [5.74, 6) is 1.03. The summed E-state index contributed by atoms with van der Waals surface area (Å²) in [5.41, 5.74) is 1.95. The van der Waals surface area contributed by atoms with Crippen molar-refractivity contribution in [3.05, 3.63) is 55.0 Å². The molecule has 1 amide bonds. The molecule has 0 N–H and O–H groups in total. The van der Waals surface area contributed by atoms with Crippen molar-refractivity contribution in [3.63, 3.8) is 0 Å². The molecule has 0 unspecified atom stereocenters. The third-order valence-corrected chi connectivity index (χ3v) is 8.50. The van der Waals surface area contributed by atoms with Crippen LogP contribution in [0.25, 0.3) is 16.3 Å². The van der Waals surface area contributed by atoms with E-state index in [9.17, 15) is 4.79 Å². The molecule has 1 fully saturated rings. The Bertz CT molecular complexity index is 1270. The molecular weight excluding hydrogens is 477 g/mol. The van der Waals surface area contributed by atoms with E-state index in [1.807, 2.05) is 13.0 Å². The van der Waals surface area contributed by atoms with Gasteiger partial charge in [0.15, 0.2) is 10.1 Å². The number of thioether (sulfide) groups is 1. The molecule has 0 atom stereocenters. The van der Waals surface area contributed by atoms with E-state index in [1.54, 1.807) is 34.4 Å². The van der Waals surface area contributed by atoms with Gasteiger partial charge in [-0.2, -0.15) is 0 Å². The summed E-state index contributed by atoms with van der Waals surface area (Å²) in [6, 6.07) is 5.34. The Morgan fingerprint density at radius 1 is 1.20 bits per heavy atom. The fourth-order valence-electron chi connectivity index (χ4n) is 3.83. The first-order chi connectivity index (χ1) is 14.4. The van der Waals surface area contributed by atoms with Crippen LogP contribution in [0.1, 0.15) is 34.7 Å². The Morgan fingerprint density at radius 3 is 2.83 bits per heavy atom. The topological polar surface area (TPSA) is 46.1 Å². The van der Waals surface area contributed by atoms with Crippen molar-refractivity contribution < 1.29 is 4.79 Å². The quantitative estimate of drug-likeness (QED) is 0.298. The zero-order valence-electron chi connectivity index (χ0n) is 15.9. The highest BCUT2D eigenvalue weighted by Crippen LogP contribution is 2.43. The highest BCUT2D eigenvalue weighted by molar-refractivity contribution is 8.27. The van der Waals surface area contributed by atoms with Gasteiger partial charge in [0.25, 0.3) is 5.91 Å².